The van der Waals surface area contributed by atoms with E-state index in [0.29, 0.717) is 0 Å². The van der Waals surface area contributed by atoms with Crippen molar-refractivity contribution in [1.29, 1.82) is 0 Å². The molecule has 0 bridgehead atoms. The molecule has 0 aromatic heterocycles. The van der Waals surface area contributed by atoms with Crippen molar-refractivity contribution >= 4 is 7.71 Å². The van der Waals surface area contributed by atoms with Crippen molar-refractivity contribution < 1.29 is 0 Å². The van der Waals surface area contributed by atoms with E-state index in [1.54, 1.807) is 0 Å². The van der Waals surface area contributed by atoms with Crippen LogP contribution in [-0.2, 0) is 0 Å². The maximum absolute atomic E-state index is 3.99. The Hall–Kier alpha value is -0.770. The third-order valence-corrected chi connectivity index (χ3v) is 1.34. The molecular formula is C5H18NPRf. The molecule has 0 radical (unpaired) electrons. The van der Waals surface area contributed by atoms with Gasteiger partial charge in [-0.3, -0.25) is 0 Å². The van der Waals surface area contributed by atoms with E-state index in [4.69, 9.17) is 0 Å². The van der Waals surface area contributed by atoms with Crippen molar-refractivity contribution in [3.05, 3.63) is 0 Å². The van der Waals surface area contributed by atoms with Gasteiger partial charge in [-0.05, 0) is 21.0 Å². The van der Waals surface area contributed by atoms with Gasteiger partial charge in [0.25, 0.3) is 0 Å². The molecule has 1 nitrogen and oxygen atoms in total. The molecular weight excluding hydrogens is 372 g/mol. The Morgan fingerprint density at radius 3 is 1.25 bits per heavy atom. The number of hydrogen-bond donors (Lipinski definition) is 0. The molecule has 0 N–H and O–H groups in total. The molecule has 0 saturated carbocycles. The first-order chi connectivity index (χ1) is 2.27. The molecule has 0 fully saturated rings. The molecule has 0 aliphatic rings. The van der Waals surface area contributed by atoms with Crippen molar-refractivity contribution in [1.82, 2.24) is 0 Å². The third-order valence-electron chi connectivity index (χ3n) is 0.447. The van der Waals surface area contributed by atoms with Crippen LogP contribution in [0.1, 0.15) is 14.9 Å². The summed E-state index contributed by atoms with van der Waals surface area (Å²) in [6.45, 7) is 4.31. The van der Waals surface area contributed by atoms with Crippen molar-refractivity contribution in [2.24, 2.45) is 4.74 Å². The first kappa shape index (κ1) is 26.9. The number of nitrogens with zero attached hydrogens (tertiary/aromatic N) is 1. The molecule has 0 heterocycles. The fraction of sp³-hybridized carbons (Fsp3) is 1.00. The largest absolute Gasteiger partial charge is 0.310 e. The third kappa shape index (κ3) is 61.9. The summed E-state index contributed by atoms with van der Waals surface area (Å²) >= 11 is 0. The standard InChI is InChI=1S/C3H10NP.2CH4.Rf/c1-4-5(2)3;;;/h5H,1-3H3;2*1H4;. The summed E-state index contributed by atoms with van der Waals surface area (Å²) < 4.78 is 3.99. The quantitative estimate of drug-likeness (QED) is 0.564. The van der Waals surface area contributed by atoms with Crippen LogP contribution in [0.25, 0.3) is 0 Å². The monoisotopic (exact) mass is 390 g/mol. The fourth-order valence-electron chi connectivity index (χ4n) is 0. The number of rotatable bonds is 0. The van der Waals surface area contributed by atoms with Gasteiger partial charge < -0.3 is 4.74 Å². The summed E-state index contributed by atoms with van der Waals surface area (Å²) in [6, 6.07) is 0. The molecule has 0 spiro atoms. The van der Waals surface area contributed by atoms with Gasteiger partial charge in [0.2, 0.25) is 0 Å². The minimum atomic E-state index is -0.249. The molecule has 0 aliphatic heterocycles. The van der Waals surface area contributed by atoms with Gasteiger partial charge >= 0.3 is 0 Å². The zero-order valence-corrected chi connectivity index (χ0v) is 12.1. The Morgan fingerprint density at radius 1 is 1.12 bits per heavy atom. The molecule has 50 valence electrons. The van der Waals surface area contributed by atoms with E-state index in [1.807, 2.05) is 7.05 Å². The second-order valence-electron chi connectivity index (χ2n) is 1.17. The summed E-state index contributed by atoms with van der Waals surface area (Å²) in [5, 5.41) is 0. The summed E-state index contributed by atoms with van der Waals surface area (Å²) in [5.74, 6) is 0. The molecule has 0 aromatic rings. The van der Waals surface area contributed by atoms with Crippen LogP contribution in [0, 0.1) is 0 Å². The van der Waals surface area contributed by atoms with E-state index < -0.39 is 0 Å². The van der Waals surface area contributed by atoms with Gasteiger partial charge in [-0.1, -0.05) is 14.9 Å². The molecule has 0 atom stereocenters. The van der Waals surface area contributed by atoms with Gasteiger partial charge in [0.1, 0.15) is 0 Å². The minimum absolute atomic E-state index is 0. The summed E-state index contributed by atoms with van der Waals surface area (Å²) in [7, 11) is 1.62. The van der Waals surface area contributed by atoms with Gasteiger partial charge in [-0.15, -0.1) is 0 Å². The van der Waals surface area contributed by atoms with Gasteiger partial charge in [-0.25, -0.2) is 0 Å². The Kier molecular flexibility index (Phi) is 54.9. The second-order valence-corrected chi connectivity index (χ2v) is 3.51. The predicted molar refractivity (Wildman–Crippen MR) is 42.0 cm³/mol. The van der Waals surface area contributed by atoms with E-state index in [2.05, 4.69) is 18.1 Å². The van der Waals surface area contributed by atoms with Crippen LogP contribution < -0.4 is 0 Å². The van der Waals surface area contributed by atoms with Crippen molar-refractivity contribution in [3.63, 3.8) is 0 Å². The molecule has 0 unspecified atom stereocenters. The molecule has 0 aromatic carbocycles. The molecule has 3 heteroatoms. The van der Waals surface area contributed by atoms with E-state index in [-0.39, 0.29) is 22.6 Å². The number of hydrogen-bond acceptors (Lipinski definition) is 1. The first-order valence-corrected chi connectivity index (χ1v) is 4.12. The van der Waals surface area contributed by atoms with Gasteiger partial charge in [0, 0.05) is 7.05 Å². The van der Waals surface area contributed by atoms with Crippen LogP contribution in [0.2, 0.25) is 0 Å². The van der Waals surface area contributed by atoms with E-state index in [0.717, 1.165) is 0 Å². The molecule has 0 aliphatic carbocycles. The summed E-state index contributed by atoms with van der Waals surface area (Å²) in [5.41, 5.74) is 0. The Morgan fingerprint density at radius 2 is 1.25 bits per heavy atom. The van der Waals surface area contributed by atoms with Crippen molar-refractivity contribution in [3.8, 4) is 0 Å². The van der Waals surface area contributed by atoms with E-state index in [9.17, 15) is 0 Å². The zero-order valence-electron chi connectivity index (χ0n) is 4.65. The SMILES string of the molecule is C.C.CN=[PH](C)C.[Rf]. The Balaban J connectivity index is -0.0000000267. The fourth-order valence-corrected chi connectivity index (χ4v) is 0. The van der Waals surface area contributed by atoms with Crippen molar-refractivity contribution in [2.75, 3.05) is 20.4 Å². The van der Waals surface area contributed by atoms with E-state index >= 15 is 0 Å². The maximum Gasteiger partial charge on any atom is 0.0258 e. The van der Waals surface area contributed by atoms with Crippen LogP contribution in [0.4, 0.5) is 0 Å². The smallest absolute Gasteiger partial charge is 0.0258 e. The topological polar surface area (TPSA) is 12.4 Å². The van der Waals surface area contributed by atoms with Gasteiger partial charge in [-0.2, -0.15) is 0 Å². The van der Waals surface area contributed by atoms with Crippen LogP contribution in [0.3, 0.4) is 0 Å². The Labute approximate surface area is 48.6 Å². The zero-order chi connectivity index (χ0) is 4.28. The first-order valence-electron chi connectivity index (χ1n) is 1.67. The van der Waals surface area contributed by atoms with E-state index in [1.165, 1.54) is 0 Å². The maximum atomic E-state index is 3.99. The van der Waals surface area contributed by atoms with Crippen LogP contribution in [-0.4, -0.2) is 20.4 Å². The minimum Gasteiger partial charge on any atom is -0.310 e. The van der Waals surface area contributed by atoms with Crippen LogP contribution in [0.15, 0.2) is 4.74 Å². The second kappa shape index (κ2) is 16.3. The molecule has 8 heavy (non-hydrogen) atoms. The summed E-state index contributed by atoms with van der Waals surface area (Å²) in [6.07, 6.45) is 0. The molecule has 0 rings (SSSR count). The Bertz CT molecular complexity index is 50.4. The molecule has 0 amide bonds. The average Bonchev–Trinajstić information content (AvgIpc) is 1.38. The predicted octanol–water partition coefficient (Wildman–Crippen LogP) is 2.55. The summed E-state index contributed by atoms with van der Waals surface area (Å²) in [4.78, 5) is 0. The van der Waals surface area contributed by atoms with Crippen LogP contribution >= 0.6 is 7.71 Å². The average molecular weight is 390 g/mol. The van der Waals surface area contributed by atoms with Gasteiger partial charge in [0.15, 0.2) is 0 Å². The van der Waals surface area contributed by atoms with Gasteiger partial charge in [0.05, 0.1) is 0 Å². The van der Waals surface area contributed by atoms with Crippen molar-refractivity contribution in [2.45, 2.75) is 14.9 Å². The molecule has 0 saturated heterocycles. The normalized spacial score (nSPS) is 5.50. The van der Waals surface area contributed by atoms with Crippen LogP contribution in [0.5, 0.6) is 0 Å².